The van der Waals surface area contributed by atoms with Crippen molar-refractivity contribution in [2.45, 2.75) is 76.3 Å². The molecular formula is C28H40N2O3S. The number of hydrogen-bond acceptors (Lipinski definition) is 5. The highest BCUT2D eigenvalue weighted by Crippen LogP contribution is 2.32. The third kappa shape index (κ3) is 7.84. The summed E-state index contributed by atoms with van der Waals surface area (Å²) in [6.07, 6.45) is 3.62. The van der Waals surface area contributed by atoms with Gasteiger partial charge in [0.25, 0.3) is 0 Å². The molecule has 0 bridgehead atoms. The number of nitrogens with one attached hydrogen (secondary N) is 1. The number of aliphatic hydroxyl groups is 1. The van der Waals surface area contributed by atoms with Crippen LogP contribution in [0.5, 0.6) is 0 Å². The molecule has 1 aliphatic rings. The molecule has 0 radical (unpaired) electrons. The maximum Gasteiger partial charge on any atom is 0.303 e. The van der Waals surface area contributed by atoms with E-state index in [1.165, 1.54) is 16.0 Å². The van der Waals surface area contributed by atoms with E-state index in [0.717, 1.165) is 36.0 Å². The van der Waals surface area contributed by atoms with Crippen LogP contribution in [0.3, 0.4) is 0 Å². The van der Waals surface area contributed by atoms with Crippen LogP contribution in [0.1, 0.15) is 54.5 Å². The largest absolute Gasteiger partial charge is 0.481 e. The monoisotopic (exact) mass is 484 g/mol. The summed E-state index contributed by atoms with van der Waals surface area (Å²) in [5.74, 6) is -0.118. The van der Waals surface area contributed by atoms with E-state index >= 15 is 0 Å². The highest BCUT2D eigenvalue weighted by molar-refractivity contribution is 7.97. The van der Waals surface area contributed by atoms with Crippen LogP contribution in [0.2, 0.25) is 0 Å². The molecule has 2 aromatic carbocycles. The van der Waals surface area contributed by atoms with Crippen LogP contribution in [0.25, 0.3) is 0 Å². The second kappa shape index (κ2) is 11.7. The van der Waals surface area contributed by atoms with Gasteiger partial charge in [0.15, 0.2) is 0 Å². The van der Waals surface area contributed by atoms with E-state index in [4.69, 9.17) is 5.11 Å². The molecule has 3 N–H and O–H groups in total. The van der Waals surface area contributed by atoms with Gasteiger partial charge < -0.3 is 15.5 Å². The van der Waals surface area contributed by atoms with Crippen molar-refractivity contribution in [3.63, 3.8) is 0 Å². The topological polar surface area (TPSA) is 72.8 Å². The fourth-order valence-electron chi connectivity index (χ4n) is 5.12. The molecule has 0 spiro atoms. The molecule has 0 aliphatic heterocycles. The van der Waals surface area contributed by atoms with Gasteiger partial charge in [-0.15, -0.1) is 0 Å². The molecule has 0 amide bonds. The molecule has 6 heteroatoms. The van der Waals surface area contributed by atoms with Crippen molar-refractivity contribution in [1.29, 1.82) is 0 Å². The molecule has 1 aliphatic carbocycles. The lowest BCUT2D eigenvalue weighted by Crippen LogP contribution is -2.46. The van der Waals surface area contributed by atoms with Gasteiger partial charge in [0.05, 0.1) is 6.10 Å². The van der Waals surface area contributed by atoms with Gasteiger partial charge in [-0.2, -0.15) is 0 Å². The van der Waals surface area contributed by atoms with Crippen molar-refractivity contribution in [3.05, 3.63) is 64.2 Å². The predicted molar refractivity (Wildman–Crippen MR) is 140 cm³/mol. The van der Waals surface area contributed by atoms with Crippen LogP contribution in [-0.4, -0.2) is 52.3 Å². The first kappa shape index (κ1) is 26.7. The number of hydrogen-bond donors (Lipinski definition) is 3. The fraction of sp³-hybridized carbons (Fsp3) is 0.536. The Morgan fingerprint density at radius 1 is 1.18 bits per heavy atom. The van der Waals surface area contributed by atoms with Crippen molar-refractivity contribution < 1.29 is 15.0 Å². The van der Waals surface area contributed by atoms with Crippen molar-refractivity contribution in [2.24, 2.45) is 5.92 Å². The Morgan fingerprint density at radius 3 is 2.32 bits per heavy atom. The first-order chi connectivity index (χ1) is 16.0. The number of carboxylic acids is 1. The number of carboxylic acid groups (broad SMARTS) is 1. The first-order valence-corrected chi connectivity index (χ1v) is 13.0. The molecule has 186 valence electrons. The van der Waals surface area contributed by atoms with Crippen LogP contribution in [0.4, 0.5) is 0 Å². The lowest BCUT2D eigenvalue weighted by molar-refractivity contribution is -0.136. The number of aliphatic carboxylic acids is 1. The summed E-state index contributed by atoms with van der Waals surface area (Å²) in [5.41, 5.74) is 6.29. The normalized spacial score (nSPS) is 15.0. The number of fused-ring (bicyclic) bond motifs is 1. The minimum Gasteiger partial charge on any atom is -0.481 e. The van der Waals surface area contributed by atoms with Crippen LogP contribution >= 0.6 is 11.9 Å². The van der Waals surface area contributed by atoms with Crippen LogP contribution in [-0.2, 0) is 24.1 Å². The zero-order valence-corrected chi connectivity index (χ0v) is 22.0. The number of aliphatic hydroxyl groups excluding tert-OH is 1. The summed E-state index contributed by atoms with van der Waals surface area (Å²) in [5, 5.41) is 23.2. The van der Waals surface area contributed by atoms with E-state index in [2.05, 4.69) is 73.7 Å². The summed E-state index contributed by atoms with van der Waals surface area (Å²) in [6, 6.07) is 12.9. The van der Waals surface area contributed by atoms with Crippen molar-refractivity contribution in [3.8, 4) is 0 Å². The number of β-amino-alcohol motifs (C(OH)–C–C–N with tert-alkyl or cyclic N) is 1. The maximum atomic E-state index is 10.9. The Hall–Kier alpha value is -1.86. The summed E-state index contributed by atoms with van der Waals surface area (Å²) < 4.78 is 2.08. The van der Waals surface area contributed by atoms with E-state index in [1.54, 1.807) is 11.9 Å². The number of carbonyl (C=O) groups is 1. The SMILES string of the molecule is Cc1cc(CCC(=O)O)cc(C)c1SN(C)C[C@H](O)CNC(C)(C)CC1Cc2ccccc2C1. The molecule has 0 saturated carbocycles. The zero-order chi connectivity index (χ0) is 24.9. The number of benzene rings is 2. The minimum absolute atomic E-state index is 0.0294. The van der Waals surface area contributed by atoms with Gasteiger partial charge in [-0.1, -0.05) is 36.4 Å². The second-order valence-corrected chi connectivity index (χ2v) is 11.7. The first-order valence-electron chi connectivity index (χ1n) is 12.2. The summed E-state index contributed by atoms with van der Waals surface area (Å²) in [6.45, 7) is 9.72. The molecule has 0 fully saturated rings. The third-order valence-electron chi connectivity index (χ3n) is 6.61. The van der Waals surface area contributed by atoms with Crippen LogP contribution < -0.4 is 5.32 Å². The molecule has 0 aromatic heterocycles. The van der Waals surface area contributed by atoms with Gasteiger partial charge in [0, 0.05) is 29.9 Å². The Bertz CT molecular complexity index is 943. The standard InChI is InChI=1S/C28H40N2O3S/c1-19-12-21(10-11-26(32)33)13-20(2)27(19)34-30(5)18-25(31)17-29-28(3,4)16-22-14-23-8-6-7-9-24(23)15-22/h6-9,12-13,22,25,29,31H,10-11,14-18H2,1-5H3,(H,32,33)/t25-/m1/s1. The summed E-state index contributed by atoms with van der Waals surface area (Å²) in [4.78, 5) is 12.0. The quantitative estimate of drug-likeness (QED) is 0.376. The second-order valence-electron chi connectivity index (χ2n) is 10.5. The van der Waals surface area contributed by atoms with Crippen LogP contribution in [0, 0.1) is 19.8 Å². The lowest BCUT2D eigenvalue weighted by Gasteiger charge is -2.31. The average molecular weight is 485 g/mol. The van der Waals surface area contributed by atoms with Crippen molar-refractivity contribution in [2.75, 3.05) is 20.1 Å². The van der Waals surface area contributed by atoms with Crippen molar-refractivity contribution >= 4 is 17.9 Å². The Kier molecular flexibility index (Phi) is 9.21. The highest BCUT2D eigenvalue weighted by atomic mass is 32.2. The molecule has 1 atom stereocenters. The van der Waals surface area contributed by atoms with Gasteiger partial charge in [-0.25, -0.2) is 4.31 Å². The number of aryl methyl sites for hydroxylation is 3. The molecule has 0 saturated heterocycles. The molecular weight excluding hydrogens is 444 g/mol. The molecule has 0 heterocycles. The number of rotatable bonds is 12. The predicted octanol–water partition coefficient (Wildman–Crippen LogP) is 4.79. The van der Waals surface area contributed by atoms with E-state index in [0.29, 0.717) is 25.4 Å². The summed E-state index contributed by atoms with van der Waals surface area (Å²) >= 11 is 1.64. The smallest absolute Gasteiger partial charge is 0.303 e. The minimum atomic E-state index is -0.771. The van der Waals surface area contributed by atoms with E-state index < -0.39 is 12.1 Å². The number of likely N-dealkylation sites (N-methyl/N-ethyl adjacent to an activating group) is 1. The molecule has 0 unspecified atom stereocenters. The number of nitrogens with zero attached hydrogens (tertiary/aromatic N) is 1. The lowest BCUT2D eigenvalue weighted by atomic mass is 9.88. The Balaban J connectivity index is 1.45. The van der Waals surface area contributed by atoms with Crippen LogP contribution in [0.15, 0.2) is 41.3 Å². The van der Waals surface area contributed by atoms with Gasteiger partial charge in [-0.05, 0) is 106 Å². The zero-order valence-electron chi connectivity index (χ0n) is 21.2. The fourth-order valence-corrected chi connectivity index (χ4v) is 6.08. The molecule has 34 heavy (non-hydrogen) atoms. The van der Waals surface area contributed by atoms with E-state index in [1.807, 2.05) is 7.05 Å². The highest BCUT2D eigenvalue weighted by Gasteiger charge is 2.28. The van der Waals surface area contributed by atoms with E-state index in [9.17, 15) is 9.90 Å². The Morgan fingerprint density at radius 2 is 1.76 bits per heavy atom. The third-order valence-corrected chi connectivity index (χ3v) is 7.90. The molecule has 2 aromatic rings. The molecule has 5 nitrogen and oxygen atoms in total. The van der Waals surface area contributed by atoms with Crippen molar-refractivity contribution in [1.82, 2.24) is 9.62 Å². The van der Waals surface area contributed by atoms with Gasteiger partial charge in [0.1, 0.15) is 0 Å². The maximum absolute atomic E-state index is 10.9. The van der Waals surface area contributed by atoms with Gasteiger partial charge in [0.2, 0.25) is 0 Å². The summed E-state index contributed by atoms with van der Waals surface area (Å²) in [7, 11) is 2.01. The van der Waals surface area contributed by atoms with Gasteiger partial charge in [-0.3, -0.25) is 4.79 Å². The van der Waals surface area contributed by atoms with Gasteiger partial charge >= 0.3 is 5.97 Å². The molecule has 3 rings (SSSR count). The van der Waals surface area contributed by atoms with E-state index in [-0.39, 0.29) is 12.0 Å². The average Bonchev–Trinajstić information content (AvgIpc) is 3.15. The Labute approximate surface area is 209 Å².